The third kappa shape index (κ3) is 2.17. The molecule has 5 heteroatoms. The molecule has 4 nitrogen and oxygen atoms in total. The number of carbonyl (C=O) groups excluding carboxylic acids is 1. The van der Waals surface area contributed by atoms with E-state index in [0.29, 0.717) is 16.3 Å². The Kier molecular flexibility index (Phi) is 2.70. The van der Waals surface area contributed by atoms with Gasteiger partial charge in [-0.05, 0) is 49.1 Å². The number of hydrogen-bond donors (Lipinski definition) is 2. The molecular formula is C13H16ClN3O. The number of nitrogen functional groups attached to an aromatic ring is 1. The lowest BCUT2D eigenvalue weighted by Crippen LogP contribution is -2.32. The average molecular weight is 266 g/mol. The minimum Gasteiger partial charge on any atom is -0.384 e. The first kappa shape index (κ1) is 11.8. The summed E-state index contributed by atoms with van der Waals surface area (Å²) >= 11 is 5.95. The Morgan fingerprint density at radius 1 is 1.50 bits per heavy atom. The van der Waals surface area contributed by atoms with Crippen LogP contribution in [-0.2, 0) is 0 Å². The summed E-state index contributed by atoms with van der Waals surface area (Å²) in [5.41, 5.74) is 6.17. The van der Waals surface area contributed by atoms with E-state index in [4.69, 9.17) is 17.3 Å². The summed E-state index contributed by atoms with van der Waals surface area (Å²) in [6.45, 7) is 0.739. The zero-order chi connectivity index (χ0) is 12.8. The largest absolute Gasteiger partial charge is 0.384 e. The van der Waals surface area contributed by atoms with Gasteiger partial charge >= 0.3 is 0 Å². The summed E-state index contributed by atoms with van der Waals surface area (Å²) in [4.78, 5) is 16.0. The van der Waals surface area contributed by atoms with Crippen molar-refractivity contribution < 1.29 is 4.79 Å². The molecule has 0 spiro atoms. The van der Waals surface area contributed by atoms with Crippen LogP contribution < -0.4 is 11.1 Å². The van der Waals surface area contributed by atoms with Crippen molar-refractivity contribution in [2.75, 3.05) is 12.3 Å². The highest BCUT2D eigenvalue weighted by atomic mass is 35.5. The zero-order valence-corrected chi connectivity index (χ0v) is 10.8. The predicted octanol–water partition coefficient (Wildman–Crippen LogP) is 2.24. The first-order chi connectivity index (χ1) is 8.61. The number of amides is 1. The van der Waals surface area contributed by atoms with Gasteiger partial charge in [0.25, 0.3) is 5.91 Å². The van der Waals surface area contributed by atoms with Gasteiger partial charge in [0, 0.05) is 6.54 Å². The van der Waals surface area contributed by atoms with Crippen LogP contribution in [0.25, 0.3) is 0 Å². The van der Waals surface area contributed by atoms with Crippen LogP contribution in [0.1, 0.15) is 36.2 Å². The quantitative estimate of drug-likeness (QED) is 0.877. The Labute approximate surface area is 111 Å². The molecule has 1 aromatic rings. The Morgan fingerprint density at radius 3 is 2.83 bits per heavy atom. The average Bonchev–Trinajstić information content (AvgIpc) is 3.21. The standard InChI is InChI=1S/C13H16ClN3O/c14-9-3-4-10(15)17-11(9)12(18)16-7-13(5-6-13)8-1-2-8/h3-4,8H,1-2,5-7H2,(H2,15,17)(H,16,18). The first-order valence-electron chi connectivity index (χ1n) is 6.31. The molecule has 0 bridgehead atoms. The lowest BCUT2D eigenvalue weighted by molar-refractivity contribution is 0.0938. The maximum absolute atomic E-state index is 12.0. The number of nitrogens with zero attached hydrogens (tertiary/aromatic N) is 1. The van der Waals surface area contributed by atoms with E-state index in [9.17, 15) is 4.79 Å². The highest BCUT2D eigenvalue weighted by Crippen LogP contribution is 2.60. The zero-order valence-electron chi connectivity index (χ0n) is 10.1. The van der Waals surface area contributed by atoms with Gasteiger partial charge < -0.3 is 11.1 Å². The summed E-state index contributed by atoms with van der Waals surface area (Å²) < 4.78 is 0. The van der Waals surface area contributed by atoms with Crippen molar-refractivity contribution in [1.29, 1.82) is 0 Å². The molecule has 0 aromatic carbocycles. The molecule has 3 rings (SSSR count). The molecule has 0 saturated heterocycles. The van der Waals surface area contributed by atoms with Crippen molar-refractivity contribution in [3.63, 3.8) is 0 Å². The number of carbonyl (C=O) groups is 1. The van der Waals surface area contributed by atoms with Crippen molar-refractivity contribution in [2.45, 2.75) is 25.7 Å². The minimum atomic E-state index is -0.223. The molecule has 0 atom stereocenters. The maximum atomic E-state index is 12.0. The predicted molar refractivity (Wildman–Crippen MR) is 70.4 cm³/mol. The lowest BCUT2D eigenvalue weighted by Gasteiger charge is -2.15. The molecule has 96 valence electrons. The van der Waals surface area contributed by atoms with Gasteiger partial charge in [0.2, 0.25) is 0 Å². The van der Waals surface area contributed by atoms with Crippen molar-refractivity contribution in [3.8, 4) is 0 Å². The van der Waals surface area contributed by atoms with E-state index < -0.39 is 0 Å². The van der Waals surface area contributed by atoms with Gasteiger partial charge in [-0.15, -0.1) is 0 Å². The SMILES string of the molecule is Nc1ccc(Cl)c(C(=O)NCC2(C3CC3)CC2)n1. The smallest absolute Gasteiger partial charge is 0.271 e. The highest BCUT2D eigenvalue weighted by Gasteiger charge is 2.53. The van der Waals surface area contributed by atoms with Crippen molar-refractivity contribution in [3.05, 3.63) is 22.8 Å². The van der Waals surface area contributed by atoms with E-state index >= 15 is 0 Å². The Bertz CT molecular complexity index is 495. The number of nitrogens with two attached hydrogens (primary N) is 1. The van der Waals surface area contributed by atoms with Crippen LogP contribution in [0.4, 0.5) is 5.82 Å². The van der Waals surface area contributed by atoms with E-state index in [-0.39, 0.29) is 11.6 Å². The molecule has 3 N–H and O–H groups in total. The molecule has 1 heterocycles. The van der Waals surface area contributed by atoms with E-state index in [1.165, 1.54) is 25.7 Å². The van der Waals surface area contributed by atoms with Gasteiger partial charge in [-0.25, -0.2) is 4.98 Å². The van der Waals surface area contributed by atoms with Crippen molar-refractivity contribution in [1.82, 2.24) is 10.3 Å². The van der Waals surface area contributed by atoms with Crippen LogP contribution in [0.5, 0.6) is 0 Å². The molecule has 0 unspecified atom stereocenters. The van der Waals surface area contributed by atoms with Gasteiger partial charge in [-0.2, -0.15) is 0 Å². The van der Waals surface area contributed by atoms with Gasteiger partial charge in [-0.3, -0.25) is 4.79 Å². The van der Waals surface area contributed by atoms with Crippen LogP contribution in [0.15, 0.2) is 12.1 Å². The second-order valence-corrected chi connectivity index (χ2v) is 5.79. The van der Waals surface area contributed by atoms with E-state index in [1.54, 1.807) is 12.1 Å². The first-order valence-corrected chi connectivity index (χ1v) is 6.69. The van der Waals surface area contributed by atoms with Gasteiger partial charge in [-0.1, -0.05) is 11.6 Å². The molecular weight excluding hydrogens is 250 g/mol. The highest BCUT2D eigenvalue weighted by molar-refractivity contribution is 6.33. The molecule has 2 aliphatic carbocycles. The lowest BCUT2D eigenvalue weighted by atomic mass is 10.0. The molecule has 0 aliphatic heterocycles. The van der Waals surface area contributed by atoms with Crippen LogP contribution in [0.2, 0.25) is 5.02 Å². The fourth-order valence-corrected chi connectivity index (χ4v) is 2.73. The Hall–Kier alpha value is -1.29. The number of halogens is 1. The summed E-state index contributed by atoms with van der Waals surface area (Å²) in [5.74, 6) is 0.911. The van der Waals surface area contributed by atoms with Crippen LogP contribution >= 0.6 is 11.6 Å². The van der Waals surface area contributed by atoms with E-state index in [2.05, 4.69) is 10.3 Å². The molecule has 2 fully saturated rings. The third-order valence-electron chi connectivity index (χ3n) is 4.02. The molecule has 18 heavy (non-hydrogen) atoms. The summed E-state index contributed by atoms with van der Waals surface area (Å²) in [7, 11) is 0. The number of rotatable bonds is 4. The van der Waals surface area contributed by atoms with Gasteiger partial charge in [0.1, 0.15) is 11.5 Å². The molecule has 1 aromatic heterocycles. The normalized spacial score (nSPS) is 20.5. The van der Waals surface area contributed by atoms with Gasteiger partial charge in [0.15, 0.2) is 0 Å². The monoisotopic (exact) mass is 265 g/mol. The fourth-order valence-electron chi connectivity index (χ4n) is 2.54. The molecule has 2 aliphatic rings. The summed E-state index contributed by atoms with van der Waals surface area (Å²) in [6, 6.07) is 3.19. The third-order valence-corrected chi connectivity index (χ3v) is 4.32. The van der Waals surface area contributed by atoms with Crippen LogP contribution in [0.3, 0.4) is 0 Å². The number of pyridine rings is 1. The van der Waals surface area contributed by atoms with E-state index in [1.807, 2.05) is 0 Å². The van der Waals surface area contributed by atoms with E-state index in [0.717, 1.165) is 12.5 Å². The topological polar surface area (TPSA) is 68.0 Å². The Balaban J connectivity index is 1.65. The fraction of sp³-hybridized carbons (Fsp3) is 0.538. The van der Waals surface area contributed by atoms with Crippen molar-refractivity contribution >= 4 is 23.3 Å². The molecule has 0 radical (unpaired) electrons. The number of anilines is 1. The number of nitrogens with one attached hydrogen (secondary N) is 1. The number of aromatic nitrogens is 1. The minimum absolute atomic E-state index is 0.223. The van der Waals surface area contributed by atoms with Crippen LogP contribution in [-0.4, -0.2) is 17.4 Å². The van der Waals surface area contributed by atoms with Crippen molar-refractivity contribution in [2.24, 2.45) is 11.3 Å². The molecule has 2 saturated carbocycles. The van der Waals surface area contributed by atoms with Gasteiger partial charge in [0.05, 0.1) is 5.02 Å². The molecule has 1 amide bonds. The number of hydrogen-bond acceptors (Lipinski definition) is 3. The van der Waals surface area contributed by atoms with Crippen LogP contribution in [0, 0.1) is 11.3 Å². The Morgan fingerprint density at radius 2 is 2.22 bits per heavy atom. The maximum Gasteiger partial charge on any atom is 0.271 e. The summed E-state index contributed by atoms with van der Waals surface area (Å²) in [5, 5.41) is 3.30. The second kappa shape index (κ2) is 4.12. The summed E-state index contributed by atoms with van der Waals surface area (Å²) in [6.07, 6.45) is 5.09. The second-order valence-electron chi connectivity index (χ2n) is 5.39.